The lowest BCUT2D eigenvalue weighted by Crippen LogP contribution is -2.19. The molecular weight excluding hydrogens is 192 g/mol. The maximum Gasteiger partial charge on any atom is 0.264 e. The molecule has 0 N–H and O–H groups in total. The lowest BCUT2D eigenvalue weighted by Gasteiger charge is -2.13. The van der Waals surface area contributed by atoms with E-state index in [1.54, 1.807) is 0 Å². The second kappa shape index (κ2) is 4.39. The largest absolute Gasteiger partial charge is 0.373 e. The molecule has 13 heavy (non-hydrogen) atoms. The van der Waals surface area contributed by atoms with E-state index in [0.717, 1.165) is 25.7 Å². The second-order valence-corrected chi connectivity index (χ2v) is 5.00. The lowest BCUT2D eigenvalue weighted by atomic mass is 10.1. The molecule has 1 heterocycles. The predicted octanol–water partition coefficient (Wildman–Crippen LogP) is 0.920. The van der Waals surface area contributed by atoms with Crippen LogP contribution >= 0.6 is 0 Å². The fraction of sp³-hybridized carbons (Fsp3) is 1.00. The Hall–Kier alpha value is -0.130. The second-order valence-electron chi connectivity index (χ2n) is 3.40. The van der Waals surface area contributed by atoms with Gasteiger partial charge in [0.2, 0.25) is 0 Å². The van der Waals surface area contributed by atoms with Crippen LogP contribution < -0.4 is 0 Å². The van der Waals surface area contributed by atoms with Gasteiger partial charge in [0.25, 0.3) is 10.1 Å². The molecule has 0 aromatic carbocycles. The zero-order valence-electron chi connectivity index (χ0n) is 8.02. The van der Waals surface area contributed by atoms with Gasteiger partial charge in [-0.2, -0.15) is 8.42 Å². The number of hydrogen-bond acceptors (Lipinski definition) is 4. The van der Waals surface area contributed by atoms with Crippen molar-refractivity contribution in [3.05, 3.63) is 0 Å². The van der Waals surface area contributed by atoms with Crippen molar-refractivity contribution in [1.29, 1.82) is 0 Å². The first kappa shape index (κ1) is 10.9. The van der Waals surface area contributed by atoms with E-state index in [9.17, 15) is 8.42 Å². The van der Waals surface area contributed by atoms with Gasteiger partial charge < -0.3 is 4.74 Å². The van der Waals surface area contributed by atoms with Crippen LogP contribution in [0, 0.1) is 0 Å². The van der Waals surface area contributed by atoms with Gasteiger partial charge in [0.15, 0.2) is 0 Å². The minimum Gasteiger partial charge on any atom is -0.373 e. The fourth-order valence-corrected chi connectivity index (χ4v) is 1.94. The van der Waals surface area contributed by atoms with E-state index in [1.807, 2.05) is 6.92 Å². The van der Waals surface area contributed by atoms with Crippen molar-refractivity contribution >= 4 is 10.1 Å². The SMILES string of the molecule is CCCC(CC1CO1)OS(C)(=O)=O. The number of epoxide rings is 1. The molecule has 0 radical (unpaired) electrons. The van der Waals surface area contributed by atoms with Crippen LogP contribution in [0.5, 0.6) is 0 Å². The third-order valence-electron chi connectivity index (χ3n) is 1.85. The van der Waals surface area contributed by atoms with Gasteiger partial charge in [-0.1, -0.05) is 13.3 Å². The molecule has 1 fully saturated rings. The fourth-order valence-electron chi connectivity index (χ4n) is 1.27. The van der Waals surface area contributed by atoms with Crippen LogP contribution in [0.4, 0.5) is 0 Å². The van der Waals surface area contributed by atoms with Gasteiger partial charge in [-0.15, -0.1) is 0 Å². The molecule has 0 aliphatic carbocycles. The van der Waals surface area contributed by atoms with Crippen LogP contribution in [0.3, 0.4) is 0 Å². The van der Waals surface area contributed by atoms with E-state index in [1.165, 1.54) is 0 Å². The summed E-state index contributed by atoms with van der Waals surface area (Å²) in [6.07, 6.45) is 3.50. The molecule has 78 valence electrons. The highest BCUT2D eigenvalue weighted by molar-refractivity contribution is 7.86. The Morgan fingerprint density at radius 1 is 1.62 bits per heavy atom. The monoisotopic (exact) mass is 208 g/mol. The molecule has 0 aromatic rings. The maximum absolute atomic E-state index is 10.9. The Kier molecular flexibility index (Phi) is 3.70. The van der Waals surface area contributed by atoms with Gasteiger partial charge in [-0.25, -0.2) is 0 Å². The van der Waals surface area contributed by atoms with E-state index in [2.05, 4.69) is 0 Å². The summed E-state index contributed by atoms with van der Waals surface area (Å²) in [5.74, 6) is 0. The zero-order valence-corrected chi connectivity index (χ0v) is 8.84. The van der Waals surface area contributed by atoms with E-state index in [0.29, 0.717) is 6.42 Å². The van der Waals surface area contributed by atoms with Gasteiger partial charge in [0.05, 0.1) is 25.1 Å². The molecular formula is C8H16O4S. The van der Waals surface area contributed by atoms with Crippen LogP contribution in [0.1, 0.15) is 26.2 Å². The third kappa shape index (κ3) is 5.23. The zero-order chi connectivity index (χ0) is 9.90. The van der Waals surface area contributed by atoms with E-state index >= 15 is 0 Å². The average Bonchev–Trinajstić information content (AvgIpc) is 2.68. The number of hydrogen-bond donors (Lipinski definition) is 0. The summed E-state index contributed by atoms with van der Waals surface area (Å²) < 4.78 is 31.7. The molecule has 1 aliphatic heterocycles. The van der Waals surface area contributed by atoms with Crippen molar-refractivity contribution in [2.45, 2.75) is 38.4 Å². The molecule has 2 unspecified atom stereocenters. The minimum absolute atomic E-state index is 0.201. The summed E-state index contributed by atoms with van der Waals surface area (Å²) in [4.78, 5) is 0. The molecule has 2 atom stereocenters. The highest BCUT2D eigenvalue weighted by Gasteiger charge is 2.28. The maximum atomic E-state index is 10.9. The molecule has 4 nitrogen and oxygen atoms in total. The van der Waals surface area contributed by atoms with Crippen molar-refractivity contribution in [3.63, 3.8) is 0 Å². The topological polar surface area (TPSA) is 55.9 Å². The van der Waals surface area contributed by atoms with Gasteiger partial charge in [0.1, 0.15) is 0 Å². The quantitative estimate of drug-likeness (QED) is 0.481. The van der Waals surface area contributed by atoms with Gasteiger partial charge >= 0.3 is 0 Å². The first-order valence-electron chi connectivity index (χ1n) is 4.51. The number of rotatable bonds is 6. The molecule has 0 saturated carbocycles. The Labute approximate surface area is 79.3 Å². The number of ether oxygens (including phenoxy) is 1. The summed E-state index contributed by atoms with van der Waals surface area (Å²) in [7, 11) is -3.32. The Morgan fingerprint density at radius 2 is 2.23 bits per heavy atom. The van der Waals surface area contributed by atoms with Crippen LogP contribution in [-0.2, 0) is 19.0 Å². The van der Waals surface area contributed by atoms with Crippen LogP contribution in [0.15, 0.2) is 0 Å². The summed E-state index contributed by atoms with van der Waals surface area (Å²) in [6.45, 7) is 2.75. The standard InChI is InChI=1S/C8H16O4S/c1-3-4-7(5-8-6-11-8)12-13(2,9)10/h7-8H,3-6H2,1-2H3. The highest BCUT2D eigenvalue weighted by atomic mass is 32.2. The average molecular weight is 208 g/mol. The normalized spacial score (nSPS) is 24.3. The summed E-state index contributed by atoms with van der Waals surface area (Å²) in [5, 5.41) is 0. The van der Waals surface area contributed by atoms with Crippen LogP contribution in [-0.4, -0.2) is 33.5 Å². The van der Waals surface area contributed by atoms with Crippen LogP contribution in [0.25, 0.3) is 0 Å². The van der Waals surface area contributed by atoms with Gasteiger partial charge in [0, 0.05) is 6.42 Å². The molecule has 0 spiro atoms. The van der Waals surface area contributed by atoms with Crippen LogP contribution in [0.2, 0.25) is 0 Å². The summed E-state index contributed by atoms with van der Waals surface area (Å²) in [6, 6.07) is 0. The van der Waals surface area contributed by atoms with Crippen molar-refractivity contribution in [3.8, 4) is 0 Å². The highest BCUT2D eigenvalue weighted by Crippen LogP contribution is 2.21. The van der Waals surface area contributed by atoms with Crippen molar-refractivity contribution < 1.29 is 17.3 Å². The first-order chi connectivity index (χ1) is 6.01. The Morgan fingerprint density at radius 3 is 2.62 bits per heavy atom. The lowest BCUT2D eigenvalue weighted by molar-refractivity contribution is 0.175. The summed E-state index contributed by atoms with van der Waals surface area (Å²) >= 11 is 0. The van der Waals surface area contributed by atoms with E-state index in [-0.39, 0.29) is 12.2 Å². The van der Waals surface area contributed by atoms with Crippen molar-refractivity contribution in [2.75, 3.05) is 12.9 Å². The van der Waals surface area contributed by atoms with Crippen molar-refractivity contribution in [1.82, 2.24) is 0 Å². The Bertz CT molecular complexity index is 243. The Balaban J connectivity index is 2.36. The predicted molar refractivity (Wildman–Crippen MR) is 49.0 cm³/mol. The third-order valence-corrected chi connectivity index (χ3v) is 2.47. The summed E-state index contributed by atoms with van der Waals surface area (Å²) in [5.41, 5.74) is 0. The van der Waals surface area contributed by atoms with Crippen molar-refractivity contribution in [2.24, 2.45) is 0 Å². The minimum atomic E-state index is -3.32. The van der Waals surface area contributed by atoms with Gasteiger partial charge in [-0.05, 0) is 6.42 Å². The van der Waals surface area contributed by atoms with E-state index < -0.39 is 10.1 Å². The molecule has 1 saturated heterocycles. The first-order valence-corrected chi connectivity index (χ1v) is 6.32. The van der Waals surface area contributed by atoms with Gasteiger partial charge in [-0.3, -0.25) is 4.18 Å². The molecule has 0 amide bonds. The molecule has 1 aliphatic rings. The smallest absolute Gasteiger partial charge is 0.264 e. The van der Waals surface area contributed by atoms with E-state index in [4.69, 9.17) is 8.92 Å². The molecule has 5 heteroatoms. The molecule has 0 bridgehead atoms. The molecule has 0 aromatic heterocycles. The molecule has 1 rings (SSSR count).